The highest BCUT2D eigenvalue weighted by molar-refractivity contribution is 5.83. The highest BCUT2D eigenvalue weighted by Gasteiger charge is 2.10. The van der Waals surface area contributed by atoms with Gasteiger partial charge in [0.05, 0.1) is 5.52 Å². The molecule has 0 atom stereocenters. The Morgan fingerprint density at radius 2 is 1.85 bits per heavy atom. The second kappa shape index (κ2) is 6.94. The number of aromatic nitrogens is 1. The number of rotatable bonds is 7. The van der Waals surface area contributed by atoms with Gasteiger partial charge in [0.25, 0.3) is 0 Å². The van der Waals surface area contributed by atoms with E-state index in [2.05, 4.69) is 68.0 Å². The number of para-hydroxylation sites is 1. The minimum absolute atomic E-state index is 0.521. The normalized spacial score (nSPS) is 11.9. The third-order valence-electron chi connectivity index (χ3n) is 4.18. The van der Waals surface area contributed by atoms with E-state index in [1.54, 1.807) is 0 Å². The maximum Gasteiger partial charge on any atom is 0.0525 e. The van der Waals surface area contributed by atoms with Crippen molar-refractivity contribution in [2.75, 3.05) is 0 Å². The van der Waals surface area contributed by atoms with Gasteiger partial charge in [-0.3, -0.25) is 0 Å². The van der Waals surface area contributed by atoms with Crippen molar-refractivity contribution >= 4 is 10.9 Å². The van der Waals surface area contributed by atoms with E-state index in [0.717, 1.165) is 19.0 Å². The van der Waals surface area contributed by atoms with Gasteiger partial charge in [-0.2, -0.15) is 0 Å². The van der Waals surface area contributed by atoms with Crippen LogP contribution in [0, 0.1) is 5.92 Å². The topological polar surface area (TPSA) is 17.0 Å². The van der Waals surface area contributed by atoms with Crippen LogP contribution < -0.4 is 5.32 Å². The van der Waals surface area contributed by atoms with Crippen LogP contribution in [-0.2, 0) is 13.1 Å². The lowest BCUT2D eigenvalue weighted by molar-refractivity contribution is 0.425. The fraction of sp³-hybridized carbons (Fsp3) is 0.556. The molecule has 1 heterocycles. The molecule has 0 saturated carbocycles. The summed E-state index contributed by atoms with van der Waals surface area (Å²) < 4.78 is 2.45. The Labute approximate surface area is 123 Å². The molecule has 2 aromatic rings. The van der Waals surface area contributed by atoms with Gasteiger partial charge in [0.2, 0.25) is 0 Å². The number of hydrogen-bond acceptors (Lipinski definition) is 1. The standard InChI is InChI=1S/C18H28N2/c1-5-15(6-2)13-20-11-10-16-8-7-9-17(18(16)20)12-19-14(3)4/h7-11,14-15,19H,5-6,12-13H2,1-4H3. The van der Waals surface area contributed by atoms with Crippen molar-refractivity contribution in [2.24, 2.45) is 5.92 Å². The Morgan fingerprint density at radius 1 is 1.10 bits per heavy atom. The van der Waals surface area contributed by atoms with Crippen molar-refractivity contribution in [1.29, 1.82) is 0 Å². The Bertz CT molecular complexity index is 535. The zero-order valence-corrected chi connectivity index (χ0v) is 13.3. The molecular formula is C18H28N2. The fourth-order valence-electron chi connectivity index (χ4n) is 2.77. The van der Waals surface area contributed by atoms with Gasteiger partial charge in [0.1, 0.15) is 0 Å². The van der Waals surface area contributed by atoms with Crippen molar-refractivity contribution in [3.63, 3.8) is 0 Å². The van der Waals surface area contributed by atoms with E-state index in [-0.39, 0.29) is 0 Å². The average Bonchev–Trinajstić information content (AvgIpc) is 2.86. The van der Waals surface area contributed by atoms with Crippen LogP contribution in [0.3, 0.4) is 0 Å². The minimum atomic E-state index is 0.521. The zero-order chi connectivity index (χ0) is 14.5. The van der Waals surface area contributed by atoms with Gasteiger partial charge in [-0.15, -0.1) is 0 Å². The summed E-state index contributed by atoms with van der Waals surface area (Å²) in [6, 6.07) is 9.41. The second-order valence-electron chi connectivity index (χ2n) is 6.04. The van der Waals surface area contributed by atoms with Crippen molar-refractivity contribution in [3.05, 3.63) is 36.0 Å². The molecule has 0 fully saturated rings. The first-order valence-corrected chi connectivity index (χ1v) is 7.95. The largest absolute Gasteiger partial charge is 0.347 e. The van der Waals surface area contributed by atoms with Crippen molar-refractivity contribution in [2.45, 2.75) is 59.7 Å². The predicted octanol–water partition coefficient (Wildman–Crippen LogP) is 4.58. The second-order valence-corrected chi connectivity index (χ2v) is 6.04. The molecule has 0 aliphatic rings. The molecule has 0 unspecified atom stereocenters. The predicted molar refractivity (Wildman–Crippen MR) is 88.0 cm³/mol. The summed E-state index contributed by atoms with van der Waals surface area (Å²) in [5.74, 6) is 0.775. The van der Waals surface area contributed by atoms with E-state index >= 15 is 0 Å². The molecule has 20 heavy (non-hydrogen) atoms. The van der Waals surface area contributed by atoms with Crippen LogP contribution in [0.5, 0.6) is 0 Å². The highest BCUT2D eigenvalue weighted by atomic mass is 15.0. The molecule has 0 aliphatic heterocycles. The third kappa shape index (κ3) is 3.43. The van der Waals surface area contributed by atoms with Gasteiger partial charge in [-0.1, -0.05) is 58.7 Å². The Hall–Kier alpha value is -1.28. The number of fused-ring (bicyclic) bond motifs is 1. The molecule has 2 rings (SSSR count). The summed E-state index contributed by atoms with van der Waals surface area (Å²) in [7, 11) is 0. The summed E-state index contributed by atoms with van der Waals surface area (Å²) >= 11 is 0. The molecule has 110 valence electrons. The summed E-state index contributed by atoms with van der Waals surface area (Å²) in [5, 5.41) is 4.90. The molecule has 1 aromatic carbocycles. The first-order valence-electron chi connectivity index (χ1n) is 7.95. The molecule has 0 saturated heterocycles. The van der Waals surface area contributed by atoms with Crippen molar-refractivity contribution in [3.8, 4) is 0 Å². The lowest BCUT2D eigenvalue weighted by atomic mass is 10.0. The van der Waals surface area contributed by atoms with Crippen LogP contribution >= 0.6 is 0 Å². The molecular weight excluding hydrogens is 244 g/mol. The number of hydrogen-bond donors (Lipinski definition) is 1. The van der Waals surface area contributed by atoms with Crippen molar-refractivity contribution in [1.82, 2.24) is 9.88 Å². The first-order chi connectivity index (χ1) is 9.65. The van der Waals surface area contributed by atoms with E-state index in [9.17, 15) is 0 Å². The van der Waals surface area contributed by atoms with Crippen molar-refractivity contribution < 1.29 is 0 Å². The molecule has 0 spiro atoms. The first kappa shape index (κ1) is 15.1. The fourth-order valence-corrected chi connectivity index (χ4v) is 2.77. The van der Waals surface area contributed by atoms with Gasteiger partial charge in [-0.25, -0.2) is 0 Å². The van der Waals surface area contributed by atoms with E-state index in [0.29, 0.717) is 6.04 Å². The van der Waals surface area contributed by atoms with Crippen LogP contribution in [-0.4, -0.2) is 10.6 Å². The van der Waals surface area contributed by atoms with Gasteiger partial charge in [0, 0.05) is 25.3 Å². The summed E-state index contributed by atoms with van der Waals surface area (Å²) in [6.07, 6.45) is 4.76. The minimum Gasteiger partial charge on any atom is -0.347 e. The van der Waals surface area contributed by atoms with Crippen LogP contribution in [0.4, 0.5) is 0 Å². The molecule has 1 N–H and O–H groups in total. The lowest BCUT2D eigenvalue weighted by Gasteiger charge is -2.17. The third-order valence-corrected chi connectivity index (χ3v) is 4.18. The molecule has 0 radical (unpaired) electrons. The molecule has 2 nitrogen and oxygen atoms in total. The quantitative estimate of drug-likeness (QED) is 0.781. The van der Waals surface area contributed by atoms with Crippen LogP contribution in [0.25, 0.3) is 10.9 Å². The van der Waals surface area contributed by atoms with E-state index in [4.69, 9.17) is 0 Å². The molecule has 2 heteroatoms. The van der Waals surface area contributed by atoms with Gasteiger partial charge in [-0.05, 0) is 22.9 Å². The maximum atomic E-state index is 3.54. The van der Waals surface area contributed by atoms with Gasteiger partial charge >= 0.3 is 0 Å². The molecule has 0 aliphatic carbocycles. The molecule has 0 bridgehead atoms. The van der Waals surface area contributed by atoms with Crippen LogP contribution in [0.15, 0.2) is 30.5 Å². The van der Waals surface area contributed by atoms with Gasteiger partial charge < -0.3 is 9.88 Å². The summed E-state index contributed by atoms with van der Waals surface area (Å²) in [4.78, 5) is 0. The van der Waals surface area contributed by atoms with Crippen LogP contribution in [0.2, 0.25) is 0 Å². The van der Waals surface area contributed by atoms with E-state index in [1.807, 2.05) is 0 Å². The molecule has 1 aromatic heterocycles. The van der Waals surface area contributed by atoms with E-state index < -0.39 is 0 Å². The lowest BCUT2D eigenvalue weighted by Crippen LogP contribution is -2.22. The average molecular weight is 272 g/mol. The summed E-state index contributed by atoms with van der Waals surface area (Å²) in [6.45, 7) is 11.1. The zero-order valence-electron chi connectivity index (χ0n) is 13.3. The highest BCUT2D eigenvalue weighted by Crippen LogP contribution is 2.23. The number of nitrogens with zero attached hydrogens (tertiary/aromatic N) is 1. The number of nitrogens with one attached hydrogen (secondary N) is 1. The smallest absolute Gasteiger partial charge is 0.0525 e. The number of benzene rings is 1. The monoisotopic (exact) mass is 272 g/mol. The maximum absolute atomic E-state index is 3.54. The van der Waals surface area contributed by atoms with Crippen LogP contribution in [0.1, 0.15) is 46.1 Å². The summed E-state index contributed by atoms with van der Waals surface area (Å²) in [5.41, 5.74) is 2.82. The van der Waals surface area contributed by atoms with Gasteiger partial charge in [0.15, 0.2) is 0 Å². The Kier molecular flexibility index (Phi) is 5.24. The SMILES string of the molecule is CCC(CC)Cn1ccc2cccc(CNC(C)C)c21. The molecule has 0 amide bonds. The van der Waals surface area contributed by atoms with E-state index in [1.165, 1.54) is 29.3 Å². The Morgan fingerprint density at radius 3 is 2.50 bits per heavy atom. The Balaban J connectivity index is 2.30.